The van der Waals surface area contributed by atoms with Gasteiger partial charge >= 0.3 is 7.60 Å². The van der Waals surface area contributed by atoms with Crippen LogP contribution in [0.1, 0.15) is 41.0 Å². The van der Waals surface area contributed by atoms with Crippen molar-refractivity contribution in [2.24, 2.45) is 5.41 Å². The van der Waals surface area contributed by atoms with E-state index >= 15 is 0 Å². The summed E-state index contributed by atoms with van der Waals surface area (Å²) >= 11 is 0. The Labute approximate surface area is 105 Å². The highest BCUT2D eigenvalue weighted by Gasteiger charge is 2.56. The van der Waals surface area contributed by atoms with Crippen LogP contribution in [-0.2, 0) is 13.6 Å². The number of aliphatic hydroxyl groups is 1. The second-order valence-electron chi connectivity index (χ2n) is 4.89. The minimum Gasteiger partial charge on any atom is -0.377 e. The molecule has 0 aromatic rings. The van der Waals surface area contributed by atoms with Crippen molar-refractivity contribution in [1.82, 2.24) is 0 Å². The summed E-state index contributed by atoms with van der Waals surface area (Å²) in [7, 11) is -3.60. The highest BCUT2D eigenvalue weighted by molar-refractivity contribution is 7.55. The van der Waals surface area contributed by atoms with Crippen molar-refractivity contribution >= 4 is 7.60 Å². The molecule has 0 spiro atoms. The van der Waals surface area contributed by atoms with Gasteiger partial charge in [-0.25, -0.2) is 0 Å². The summed E-state index contributed by atoms with van der Waals surface area (Å²) in [6.45, 7) is 12.9. The number of rotatable bonds is 7. The monoisotopic (exact) mass is 264 g/mol. The Morgan fingerprint density at radius 3 is 1.88 bits per heavy atom. The van der Waals surface area contributed by atoms with Gasteiger partial charge in [0.05, 0.1) is 13.2 Å². The highest BCUT2D eigenvalue weighted by Crippen LogP contribution is 2.66. The average molecular weight is 264 g/mol. The maximum absolute atomic E-state index is 12.7. The minimum absolute atomic E-state index is 0.160. The molecule has 0 heterocycles. The van der Waals surface area contributed by atoms with Crippen LogP contribution in [0.15, 0.2) is 12.7 Å². The fraction of sp³-hybridized carbons (Fsp3) is 0.833. The molecule has 0 aromatic heterocycles. The SMILES string of the molecule is C=CCC(O)(C(C)(C)C)P(=O)(OCC)OCC. The molecular weight excluding hydrogens is 239 g/mol. The molecule has 0 saturated heterocycles. The first-order valence-electron chi connectivity index (χ1n) is 5.91. The van der Waals surface area contributed by atoms with Crippen LogP contribution in [0, 0.1) is 5.41 Å². The van der Waals surface area contributed by atoms with Crippen LogP contribution in [0.3, 0.4) is 0 Å². The van der Waals surface area contributed by atoms with Gasteiger partial charge in [-0.05, 0) is 13.8 Å². The van der Waals surface area contributed by atoms with Crippen molar-refractivity contribution in [3.8, 4) is 0 Å². The van der Waals surface area contributed by atoms with Gasteiger partial charge in [0, 0.05) is 11.8 Å². The third-order valence-electron chi connectivity index (χ3n) is 2.68. The van der Waals surface area contributed by atoms with E-state index in [0.29, 0.717) is 0 Å². The van der Waals surface area contributed by atoms with E-state index in [4.69, 9.17) is 9.05 Å². The Kier molecular flexibility index (Phi) is 6.09. The van der Waals surface area contributed by atoms with Crippen molar-refractivity contribution in [2.75, 3.05) is 13.2 Å². The molecule has 17 heavy (non-hydrogen) atoms. The molecule has 1 unspecified atom stereocenters. The van der Waals surface area contributed by atoms with Crippen LogP contribution in [0.5, 0.6) is 0 Å². The molecule has 4 nitrogen and oxygen atoms in total. The molecule has 0 saturated carbocycles. The Bertz CT molecular complexity index is 285. The van der Waals surface area contributed by atoms with Gasteiger partial charge in [-0.2, -0.15) is 0 Å². The lowest BCUT2D eigenvalue weighted by Gasteiger charge is -2.43. The topological polar surface area (TPSA) is 55.8 Å². The van der Waals surface area contributed by atoms with Crippen molar-refractivity contribution < 1.29 is 18.7 Å². The third-order valence-corrected chi connectivity index (χ3v) is 5.64. The zero-order valence-corrected chi connectivity index (χ0v) is 12.4. The Hall–Kier alpha value is -0.150. The predicted octanol–water partition coefficient (Wildman–Crippen LogP) is 3.56. The molecule has 5 heteroatoms. The van der Waals surface area contributed by atoms with Crippen molar-refractivity contribution in [3.63, 3.8) is 0 Å². The van der Waals surface area contributed by atoms with E-state index in [1.165, 1.54) is 6.08 Å². The number of hydrogen-bond acceptors (Lipinski definition) is 4. The van der Waals surface area contributed by atoms with Gasteiger partial charge in [0.15, 0.2) is 5.34 Å². The first-order valence-corrected chi connectivity index (χ1v) is 7.45. The predicted molar refractivity (Wildman–Crippen MR) is 70.1 cm³/mol. The van der Waals surface area contributed by atoms with Crippen LogP contribution in [-0.4, -0.2) is 23.7 Å². The largest absolute Gasteiger partial charge is 0.377 e. The minimum atomic E-state index is -3.60. The summed E-state index contributed by atoms with van der Waals surface area (Å²) < 4.78 is 23.2. The fourth-order valence-electron chi connectivity index (χ4n) is 1.62. The van der Waals surface area contributed by atoms with Gasteiger partial charge in [-0.3, -0.25) is 4.57 Å². The molecule has 0 aromatic carbocycles. The van der Waals surface area contributed by atoms with E-state index in [1.807, 2.05) is 0 Å². The van der Waals surface area contributed by atoms with E-state index in [-0.39, 0.29) is 19.6 Å². The van der Waals surface area contributed by atoms with Crippen LogP contribution < -0.4 is 0 Å². The Morgan fingerprint density at radius 1 is 1.24 bits per heavy atom. The molecule has 0 amide bonds. The summed E-state index contributed by atoms with van der Waals surface area (Å²) in [4.78, 5) is 0. The molecule has 0 bridgehead atoms. The molecule has 1 N–H and O–H groups in total. The van der Waals surface area contributed by atoms with E-state index in [1.54, 1.807) is 34.6 Å². The molecule has 1 atom stereocenters. The van der Waals surface area contributed by atoms with Crippen LogP contribution in [0.4, 0.5) is 0 Å². The maximum atomic E-state index is 12.7. The molecule has 0 fully saturated rings. The van der Waals surface area contributed by atoms with Crippen LogP contribution in [0.25, 0.3) is 0 Å². The van der Waals surface area contributed by atoms with Gasteiger partial charge in [-0.1, -0.05) is 26.8 Å². The first kappa shape index (κ1) is 16.9. The normalized spacial score (nSPS) is 16.6. The Morgan fingerprint density at radius 2 is 1.65 bits per heavy atom. The standard InChI is InChI=1S/C12H25O4P/c1-7-10-12(13,11(4,5)6)17(14,15-8-2)16-9-3/h7,13H,1,8-10H2,2-6H3. The molecule has 0 aliphatic heterocycles. The lowest BCUT2D eigenvalue weighted by Crippen LogP contribution is -2.43. The smallest absolute Gasteiger partial charge is 0.362 e. The van der Waals surface area contributed by atoms with E-state index in [9.17, 15) is 9.67 Å². The Balaban J connectivity index is 5.53. The van der Waals surface area contributed by atoms with E-state index in [0.717, 1.165) is 0 Å². The summed E-state index contributed by atoms with van der Waals surface area (Å²) in [5, 5.41) is 9.18. The summed E-state index contributed by atoms with van der Waals surface area (Å²) in [6.07, 6.45) is 1.70. The summed E-state index contributed by atoms with van der Waals surface area (Å²) in [5.74, 6) is 0. The zero-order chi connectivity index (χ0) is 13.7. The van der Waals surface area contributed by atoms with Crippen molar-refractivity contribution in [1.29, 1.82) is 0 Å². The van der Waals surface area contributed by atoms with Gasteiger partial charge in [-0.15, -0.1) is 6.58 Å². The second-order valence-corrected chi connectivity index (χ2v) is 7.14. The summed E-state index contributed by atoms with van der Waals surface area (Å²) in [5.41, 5.74) is -0.638. The van der Waals surface area contributed by atoms with Crippen molar-refractivity contribution in [2.45, 2.75) is 46.4 Å². The lowest BCUT2D eigenvalue weighted by atomic mass is 9.86. The first-order chi connectivity index (χ1) is 7.68. The molecule has 0 aliphatic carbocycles. The molecule has 0 aliphatic rings. The lowest BCUT2D eigenvalue weighted by molar-refractivity contribution is -0.0134. The van der Waals surface area contributed by atoms with Gasteiger partial charge in [0.1, 0.15) is 0 Å². The van der Waals surface area contributed by atoms with Gasteiger partial charge < -0.3 is 14.2 Å². The summed E-state index contributed by atoms with van der Waals surface area (Å²) in [6, 6.07) is 0. The number of hydrogen-bond donors (Lipinski definition) is 1. The van der Waals surface area contributed by atoms with Gasteiger partial charge in [0.25, 0.3) is 0 Å². The molecule has 0 radical (unpaired) electrons. The third kappa shape index (κ3) is 3.41. The molecule has 102 valence electrons. The van der Waals surface area contributed by atoms with E-state index in [2.05, 4.69) is 6.58 Å². The van der Waals surface area contributed by atoms with E-state index < -0.39 is 18.4 Å². The fourth-order valence-corrected chi connectivity index (χ4v) is 3.98. The van der Waals surface area contributed by atoms with Crippen LogP contribution >= 0.6 is 7.60 Å². The average Bonchev–Trinajstić information content (AvgIpc) is 2.16. The van der Waals surface area contributed by atoms with Crippen LogP contribution in [0.2, 0.25) is 0 Å². The molecule has 0 rings (SSSR count). The maximum Gasteiger partial charge on any atom is 0.362 e. The van der Waals surface area contributed by atoms with Gasteiger partial charge in [0.2, 0.25) is 0 Å². The quantitative estimate of drug-likeness (QED) is 0.564. The second kappa shape index (κ2) is 6.14. The zero-order valence-electron chi connectivity index (χ0n) is 11.5. The molecular formula is C12H25O4P. The highest BCUT2D eigenvalue weighted by atomic mass is 31.2. The van der Waals surface area contributed by atoms with Crippen molar-refractivity contribution in [3.05, 3.63) is 12.7 Å².